The lowest BCUT2D eigenvalue weighted by Gasteiger charge is -2.08. The van der Waals surface area contributed by atoms with E-state index in [2.05, 4.69) is 30.1 Å². The molecule has 0 aliphatic carbocycles. The second-order valence-electron chi connectivity index (χ2n) is 6.42. The van der Waals surface area contributed by atoms with E-state index >= 15 is 0 Å². The van der Waals surface area contributed by atoms with Crippen molar-refractivity contribution in [2.45, 2.75) is 13.8 Å². The van der Waals surface area contributed by atoms with Crippen LogP contribution in [0.2, 0.25) is 0 Å². The third-order valence-electron chi connectivity index (χ3n) is 4.50. The van der Waals surface area contributed by atoms with Gasteiger partial charge in [-0.3, -0.25) is 4.79 Å². The van der Waals surface area contributed by atoms with Crippen molar-refractivity contribution in [2.75, 3.05) is 0 Å². The summed E-state index contributed by atoms with van der Waals surface area (Å²) in [5, 5.41) is 10.3. The van der Waals surface area contributed by atoms with Crippen LogP contribution in [0.15, 0.2) is 53.6 Å². The van der Waals surface area contributed by atoms with Gasteiger partial charge in [-0.1, -0.05) is 18.2 Å². The van der Waals surface area contributed by atoms with Crippen LogP contribution in [-0.4, -0.2) is 20.6 Å². The van der Waals surface area contributed by atoms with Gasteiger partial charge in [-0.2, -0.15) is 0 Å². The van der Waals surface area contributed by atoms with E-state index in [0.717, 1.165) is 6.07 Å². The maximum Gasteiger partial charge on any atom is 0.341 e. The summed E-state index contributed by atoms with van der Waals surface area (Å²) >= 11 is 0. The van der Waals surface area contributed by atoms with E-state index in [-0.39, 0.29) is 10.9 Å². The fraction of sp³-hybridized carbons (Fsp3) is 0.143. The number of aromatic nitrogens is 2. The minimum absolute atomic E-state index is 0.0792. The predicted molar refractivity (Wildman–Crippen MR) is 104 cm³/mol. The van der Waals surface area contributed by atoms with Crippen LogP contribution in [0.3, 0.4) is 0 Å². The molecule has 2 aromatic heterocycles. The summed E-state index contributed by atoms with van der Waals surface area (Å²) < 4.78 is 14.9. The van der Waals surface area contributed by atoms with Crippen LogP contribution in [0.4, 0.5) is 4.39 Å². The lowest BCUT2D eigenvalue weighted by atomic mass is 10.1. The molecule has 0 bridgehead atoms. The topological polar surface area (TPSA) is 75.1 Å². The zero-order valence-electron chi connectivity index (χ0n) is 15.2. The van der Waals surface area contributed by atoms with E-state index in [9.17, 15) is 14.0 Å². The summed E-state index contributed by atoms with van der Waals surface area (Å²) in [6.07, 6.45) is 3.27. The Bertz CT molecular complexity index is 1220. The van der Waals surface area contributed by atoms with Crippen LogP contribution in [-0.2, 0) is 7.05 Å². The standard InChI is InChI=1S/C12H10FNO3.C9H9N/c1-6-3-10-7(4-9(6)13)11(15)8(12(16)17)5-14(10)2;1-7-6-10-9-5-3-2-4-8(7)9/h3-5H,1-2H3,(H,16,17);2-6,10H,1H3. The van der Waals surface area contributed by atoms with Crippen molar-refractivity contribution in [2.24, 2.45) is 7.05 Å². The molecule has 138 valence electrons. The molecule has 5 nitrogen and oxygen atoms in total. The van der Waals surface area contributed by atoms with E-state index in [1.807, 2.05) is 12.3 Å². The number of carboxylic acids is 1. The molecule has 27 heavy (non-hydrogen) atoms. The van der Waals surface area contributed by atoms with Gasteiger partial charge in [0.1, 0.15) is 11.4 Å². The maximum atomic E-state index is 13.4. The molecule has 2 heterocycles. The van der Waals surface area contributed by atoms with Crippen LogP contribution >= 0.6 is 0 Å². The van der Waals surface area contributed by atoms with Gasteiger partial charge in [0.25, 0.3) is 0 Å². The molecule has 0 saturated carbocycles. The summed E-state index contributed by atoms with van der Waals surface area (Å²) in [6, 6.07) is 10.9. The molecule has 0 atom stereocenters. The molecule has 0 unspecified atom stereocenters. The molecular formula is C21H19FN2O3. The molecule has 4 rings (SSSR count). The van der Waals surface area contributed by atoms with Crippen LogP contribution in [0.25, 0.3) is 21.8 Å². The number of H-pyrrole nitrogens is 1. The number of benzene rings is 2. The third kappa shape index (κ3) is 3.46. The Kier molecular flexibility index (Phi) is 4.81. The summed E-state index contributed by atoms with van der Waals surface area (Å²) in [4.78, 5) is 25.9. The van der Waals surface area contributed by atoms with Gasteiger partial charge in [0.2, 0.25) is 5.43 Å². The number of pyridine rings is 1. The Hall–Kier alpha value is -3.41. The van der Waals surface area contributed by atoms with Gasteiger partial charge >= 0.3 is 5.97 Å². The minimum atomic E-state index is -1.31. The number of aromatic amines is 1. The number of carboxylic acid groups (broad SMARTS) is 1. The Morgan fingerprint density at radius 3 is 2.48 bits per heavy atom. The number of nitrogens with zero attached hydrogens (tertiary/aromatic N) is 1. The minimum Gasteiger partial charge on any atom is -0.477 e. The monoisotopic (exact) mass is 366 g/mol. The van der Waals surface area contributed by atoms with E-state index < -0.39 is 17.2 Å². The normalized spacial score (nSPS) is 10.7. The first-order valence-corrected chi connectivity index (χ1v) is 8.35. The highest BCUT2D eigenvalue weighted by Gasteiger charge is 2.14. The number of hydrogen-bond donors (Lipinski definition) is 2. The highest BCUT2D eigenvalue weighted by atomic mass is 19.1. The number of nitrogens with one attached hydrogen (secondary N) is 1. The smallest absolute Gasteiger partial charge is 0.341 e. The van der Waals surface area contributed by atoms with Gasteiger partial charge in [0.05, 0.1) is 5.52 Å². The first-order valence-electron chi connectivity index (χ1n) is 8.35. The van der Waals surface area contributed by atoms with Gasteiger partial charge in [-0.15, -0.1) is 0 Å². The molecule has 2 aromatic carbocycles. The second-order valence-corrected chi connectivity index (χ2v) is 6.42. The Morgan fingerprint density at radius 1 is 1.11 bits per heavy atom. The number of fused-ring (bicyclic) bond motifs is 2. The van der Waals surface area contributed by atoms with Crippen molar-refractivity contribution in [1.82, 2.24) is 9.55 Å². The molecule has 6 heteroatoms. The van der Waals surface area contributed by atoms with E-state index in [4.69, 9.17) is 5.11 Å². The highest BCUT2D eigenvalue weighted by Crippen LogP contribution is 2.17. The number of aromatic carboxylic acids is 1. The molecule has 0 saturated heterocycles. The van der Waals surface area contributed by atoms with Crippen LogP contribution in [0, 0.1) is 19.7 Å². The van der Waals surface area contributed by atoms with Gasteiger partial charge in [-0.25, -0.2) is 9.18 Å². The molecule has 2 N–H and O–H groups in total. The number of halogens is 1. The summed E-state index contributed by atoms with van der Waals surface area (Å²) in [5.41, 5.74) is 2.44. The maximum absolute atomic E-state index is 13.4. The largest absolute Gasteiger partial charge is 0.477 e. The molecule has 0 aliphatic rings. The fourth-order valence-corrected chi connectivity index (χ4v) is 2.98. The Morgan fingerprint density at radius 2 is 1.81 bits per heavy atom. The quantitative estimate of drug-likeness (QED) is 0.531. The van der Waals surface area contributed by atoms with Crippen LogP contribution in [0.1, 0.15) is 21.5 Å². The number of hydrogen-bond acceptors (Lipinski definition) is 2. The van der Waals surface area contributed by atoms with Crippen LogP contribution in [0.5, 0.6) is 0 Å². The molecule has 0 amide bonds. The zero-order valence-corrected chi connectivity index (χ0v) is 15.2. The van der Waals surface area contributed by atoms with Crippen molar-refractivity contribution in [3.8, 4) is 0 Å². The van der Waals surface area contributed by atoms with E-state index in [0.29, 0.717) is 11.1 Å². The number of rotatable bonds is 1. The average Bonchev–Trinajstić information content (AvgIpc) is 3.02. The lowest BCUT2D eigenvalue weighted by Crippen LogP contribution is -2.18. The van der Waals surface area contributed by atoms with Crippen molar-refractivity contribution >= 4 is 27.8 Å². The highest BCUT2D eigenvalue weighted by molar-refractivity contribution is 5.92. The fourth-order valence-electron chi connectivity index (χ4n) is 2.98. The first-order chi connectivity index (χ1) is 12.8. The lowest BCUT2D eigenvalue weighted by molar-refractivity contribution is 0.0695. The number of carbonyl (C=O) groups is 1. The van der Waals surface area contributed by atoms with Crippen molar-refractivity contribution in [3.63, 3.8) is 0 Å². The number of para-hydroxylation sites is 1. The van der Waals surface area contributed by atoms with Gasteiger partial charge in [-0.05, 0) is 43.2 Å². The summed E-state index contributed by atoms with van der Waals surface area (Å²) in [5.74, 6) is -1.83. The molecule has 0 spiro atoms. The van der Waals surface area contributed by atoms with Crippen molar-refractivity contribution in [3.05, 3.63) is 81.5 Å². The van der Waals surface area contributed by atoms with Gasteiger partial charge < -0.3 is 14.7 Å². The first kappa shape index (κ1) is 18.4. The van der Waals surface area contributed by atoms with Gasteiger partial charge in [0.15, 0.2) is 0 Å². The molecule has 0 aliphatic heterocycles. The molecular weight excluding hydrogens is 347 g/mol. The summed E-state index contributed by atoms with van der Waals surface area (Å²) in [6.45, 7) is 3.70. The Labute approximate surface area is 154 Å². The second kappa shape index (κ2) is 7.07. The molecule has 0 fully saturated rings. The zero-order chi connectivity index (χ0) is 19.7. The Balaban J connectivity index is 0.000000177. The average molecular weight is 366 g/mol. The van der Waals surface area contributed by atoms with Crippen molar-refractivity contribution in [1.29, 1.82) is 0 Å². The van der Waals surface area contributed by atoms with Crippen LogP contribution < -0.4 is 5.43 Å². The SMILES string of the molecule is Cc1c[nH]c2ccccc12.Cc1cc2c(cc1F)c(=O)c(C(=O)O)cn2C. The predicted octanol–water partition coefficient (Wildman–Crippen LogP) is 4.16. The number of aryl methyl sites for hydroxylation is 3. The van der Waals surface area contributed by atoms with Crippen molar-refractivity contribution < 1.29 is 14.3 Å². The van der Waals surface area contributed by atoms with E-state index in [1.54, 1.807) is 14.0 Å². The third-order valence-corrected chi connectivity index (χ3v) is 4.50. The van der Waals surface area contributed by atoms with E-state index in [1.165, 1.54) is 33.3 Å². The summed E-state index contributed by atoms with van der Waals surface area (Å²) in [7, 11) is 1.62. The van der Waals surface area contributed by atoms with Gasteiger partial charge in [0, 0.05) is 35.7 Å². The molecule has 4 aromatic rings. The molecule has 0 radical (unpaired) electrons.